The second-order valence-corrected chi connectivity index (χ2v) is 1.39. The Kier molecular flexibility index (Phi) is 8.81. The Bertz CT molecular complexity index is 117. The zero-order valence-electron chi connectivity index (χ0n) is 6.63. The molecular formula is C4H8NNaO4. The summed E-state index contributed by atoms with van der Waals surface area (Å²) in [6, 6.07) is 0. The summed E-state index contributed by atoms with van der Waals surface area (Å²) in [4.78, 5) is 19.5. The van der Waals surface area contributed by atoms with E-state index in [9.17, 15) is 9.59 Å². The molecular weight excluding hydrogens is 149 g/mol. The number of aliphatic carboxylic acids is 2. The quantitative estimate of drug-likeness (QED) is 0.361. The standard InChI is InChI=1S/C4H7NO4.Na.H/c6-3(7)1-5-2-4(8)9;;/h5H,1-2H2,(H,6,7)(H,8,9);;/q;+1;-1. The normalized spacial score (nSPS) is 8.00. The van der Waals surface area contributed by atoms with Gasteiger partial charge in [0, 0.05) is 0 Å². The first kappa shape index (κ1) is 12.6. The van der Waals surface area contributed by atoms with E-state index >= 15 is 0 Å². The van der Waals surface area contributed by atoms with Gasteiger partial charge in [-0.15, -0.1) is 0 Å². The van der Waals surface area contributed by atoms with Crippen LogP contribution in [0.3, 0.4) is 0 Å². The van der Waals surface area contributed by atoms with Gasteiger partial charge in [-0.25, -0.2) is 0 Å². The third-order valence-electron chi connectivity index (χ3n) is 0.552. The SMILES string of the molecule is O=C(O)CNCC(=O)O.[H-].[Na+]. The molecule has 0 fully saturated rings. The number of rotatable bonds is 4. The number of nitrogens with one attached hydrogen (secondary N) is 1. The Morgan fingerprint density at radius 3 is 1.70 bits per heavy atom. The third-order valence-corrected chi connectivity index (χ3v) is 0.552. The first-order chi connectivity index (χ1) is 4.13. The van der Waals surface area contributed by atoms with Crippen molar-refractivity contribution < 1.29 is 50.8 Å². The number of hydrogen-bond donors (Lipinski definition) is 3. The van der Waals surface area contributed by atoms with E-state index in [0.29, 0.717) is 0 Å². The molecule has 6 heteroatoms. The van der Waals surface area contributed by atoms with Crippen molar-refractivity contribution in [3.63, 3.8) is 0 Å². The molecule has 0 aromatic heterocycles. The van der Waals surface area contributed by atoms with Gasteiger partial charge in [-0.05, 0) is 0 Å². The largest absolute Gasteiger partial charge is 1.00 e. The van der Waals surface area contributed by atoms with Crippen LogP contribution in [0.4, 0.5) is 0 Å². The summed E-state index contributed by atoms with van der Waals surface area (Å²) < 4.78 is 0. The number of carboxylic acids is 2. The van der Waals surface area contributed by atoms with E-state index in [0.717, 1.165) is 0 Å². The zero-order valence-corrected chi connectivity index (χ0v) is 7.63. The molecule has 0 saturated carbocycles. The molecule has 0 bridgehead atoms. The Labute approximate surface area is 81.2 Å². The number of hydrogen-bond acceptors (Lipinski definition) is 3. The van der Waals surface area contributed by atoms with Crippen molar-refractivity contribution >= 4 is 11.9 Å². The Balaban J connectivity index is -0.000000320. The minimum absolute atomic E-state index is 0. The van der Waals surface area contributed by atoms with Gasteiger partial charge in [0.25, 0.3) is 0 Å². The van der Waals surface area contributed by atoms with E-state index in [-0.39, 0.29) is 44.1 Å². The molecule has 0 spiro atoms. The van der Waals surface area contributed by atoms with E-state index in [1.165, 1.54) is 0 Å². The van der Waals surface area contributed by atoms with Crippen LogP contribution in [0.1, 0.15) is 1.43 Å². The fourth-order valence-corrected chi connectivity index (χ4v) is 0.276. The van der Waals surface area contributed by atoms with Crippen LogP contribution in [0.5, 0.6) is 0 Å². The van der Waals surface area contributed by atoms with E-state index in [4.69, 9.17) is 10.2 Å². The van der Waals surface area contributed by atoms with Gasteiger partial charge in [0.2, 0.25) is 0 Å². The van der Waals surface area contributed by atoms with Gasteiger partial charge < -0.3 is 11.6 Å². The predicted molar refractivity (Wildman–Crippen MR) is 29.3 cm³/mol. The van der Waals surface area contributed by atoms with Crippen molar-refractivity contribution in [2.24, 2.45) is 0 Å². The molecule has 3 N–H and O–H groups in total. The topological polar surface area (TPSA) is 86.6 Å². The maximum absolute atomic E-state index is 9.73. The first-order valence-electron chi connectivity index (χ1n) is 2.27. The Morgan fingerprint density at radius 2 is 1.50 bits per heavy atom. The smallest absolute Gasteiger partial charge is 1.00 e. The third kappa shape index (κ3) is 10.8. The summed E-state index contributed by atoms with van der Waals surface area (Å²) in [6.07, 6.45) is 0. The van der Waals surface area contributed by atoms with Crippen LogP contribution in [-0.2, 0) is 9.59 Å². The summed E-state index contributed by atoms with van der Waals surface area (Å²) in [6.45, 7) is -0.626. The van der Waals surface area contributed by atoms with Crippen molar-refractivity contribution in [1.82, 2.24) is 5.32 Å². The molecule has 0 heterocycles. The van der Waals surface area contributed by atoms with Gasteiger partial charge in [0.05, 0.1) is 13.1 Å². The van der Waals surface area contributed by atoms with Crippen LogP contribution in [0.2, 0.25) is 0 Å². The molecule has 0 unspecified atom stereocenters. The molecule has 0 aliphatic heterocycles. The molecule has 0 aromatic rings. The molecule has 0 aliphatic rings. The molecule has 0 rings (SSSR count). The van der Waals surface area contributed by atoms with Crippen LogP contribution in [0.15, 0.2) is 0 Å². The molecule has 5 nitrogen and oxygen atoms in total. The van der Waals surface area contributed by atoms with Gasteiger partial charge in [0.15, 0.2) is 0 Å². The minimum atomic E-state index is -1.06. The van der Waals surface area contributed by atoms with Crippen LogP contribution in [0, 0.1) is 0 Å². The average Bonchev–Trinajstić information content (AvgIpc) is 1.63. The summed E-state index contributed by atoms with van der Waals surface area (Å²) in [5.74, 6) is -2.12. The summed E-state index contributed by atoms with van der Waals surface area (Å²) in [7, 11) is 0. The van der Waals surface area contributed by atoms with Gasteiger partial charge in [-0.3, -0.25) is 14.9 Å². The van der Waals surface area contributed by atoms with Gasteiger partial charge >= 0.3 is 41.5 Å². The summed E-state index contributed by atoms with van der Waals surface area (Å²) in [5.41, 5.74) is 0. The predicted octanol–water partition coefficient (Wildman–Crippen LogP) is -4.14. The molecule has 0 aromatic carbocycles. The van der Waals surface area contributed by atoms with Gasteiger partial charge in [-0.1, -0.05) is 0 Å². The number of carboxylic acid groups (broad SMARTS) is 2. The second kappa shape index (κ2) is 7.01. The number of carbonyl (C=O) groups is 2. The van der Waals surface area contributed by atoms with Gasteiger partial charge in [-0.2, -0.15) is 0 Å². The van der Waals surface area contributed by atoms with Crippen LogP contribution >= 0.6 is 0 Å². The fourth-order valence-electron chi connectivity index (χ4n) is 0.276. The van der Waals surface area contributed by atoms with Crippen molar-refractivity contribution in [3.05, 3.63) is 0 Å². The molecule has 0 atom stereocenters. The van der Waals surface area contributed by atoms with Crippen LogP contribution in [0.25, 0.3) is 0 Å². The molecule has 54 valence electrons. The Morgan fingerprint density at radius 1 is 1.20 bits per heavy atom. The van der Waals surface area contributed by atoms with Crippen molar-refractivity contribution in [2.75, 3.05) is 13.1 Å². The van der Waals surface area contributed by atoms with Crippen molar-refractivity contribution in [2.45, 2.75) is 0 Å². The van der Waals surface area contributed by atoms with E-state index in [2.05, 4.69) is 5.32 Å². The van der Waals surface area contributed by atoms with Crippen LogP contribution in [-0.4, -0.2) is 35.2 Å². The van der Waals surface area contributed by atoms with Crippen molar-refractivity contribution in [1.29, 1.82) is 0 Å². The van der Waals surface area contributed by atoms with Crippen molar-refractivity contribution in [3.8, 4) is 0 Å². The zero-order chi connectivity index (χ0) is 7.28. The first-order valence-corrected chi connectivity index (χ1v) is 2.27. The molecule has 0 saturated heterocycles. The van der Waals surface area contributed by atoms with E-state index in [1.807, 2.05) is 0 Å². The summed E-state index contributed by atoms with van der Waals surface area (Å²) in [5, 5.41) is 18.1. The van der Waals surface area contributed by atoms with Crippen LogP contribution < -0.4 is 34.9 Å². The second-order valence-electron chi connectivity index (χ2n) is 1.39. The minimum Gasteiger partial charge on any atom is -1.00 e. The van der Waals surface area contributed by atoms with E-state index < -0.39 is 11.9 Å². The maximum Gasteiger partial charge on any atom is 1.00 e. The monoisotopic (exact) mass is 157 g/mol. The molecule has 0 amide bonds. The average molecular weight is 157 g/mol. The molecule has 0 aliphatic carbocycles. The fraction of sp³-hybridized carbons (Fsp3) is 0.500. The summed E-state index contributed by atoms with van der Waals surface area (Å²) >= 11 is 0. The Hall–Kier alpha value is -0.100. The van der Waals surface area contributed by atoms with E-state index in [1.54, 1.807) is 0 Å². The molecule has 10 heavy (non-hydrogen) atoms. The van der Waals surface area contributed by atoms with Gasteiger partial charge in [0.1, 0.15) is 0 Å². The maximum atomic E-state index is 9.73. The molecule has 0 radical (unpaired) electrons.